The lowest BCUT2D eigenvalue weighted by Gasteiger charge is -2.27. The van der Waals surface area contributed by atoms with Crippen molar-refractivity contribution in [3.05, 3.63) is 102 Å². The molecule has 0 aromatic heterocycles. The van der Waals surface area contributed by atoms with E-state index in [0.29, 0.717) is 13.0 Å². The zero-order chi connectivity index (χ0) is 20.6. The molecule has 0 spiro atoms. The fraction of sp³-hybridized carbons (Fsp3) is 0.222. The highest BCUT2D eigenvalue weighted by atomic mass is 16.6. The van der Waals surface area contributed by atoms with Crippen molar-refractivity contribution in [2.45, 2.75) is 19.3 Å². The van der Waals surface area contributed by atoms with Crippen LogP contribution in [0.3, 0.4) is 0 Å². The van der Waals surface area contributed by atoms with Gasteiger partial charge in [-0.3, -0.25) is 4.79 Å². The van der Waals surface area contributed by atoms with Crippen LogP contribution < -0.4 is 4.74 Å². The quantitative estimate of drug-likeness (QED) is 0.361. The van der Waals surface area contributed by atoms with Gasteiger partial charge in [-0.1, -0.05) is 78.9 Å². The van der Waals surface area contributed by atoms with Gasteiger partial charge in [0.1, 0.15) is 19.0 Å². The van der Waals surface area contributed by atoms with Crippen molar-refractivity contribution < 1.29 is 14.3 Å². The molecule has 0 saturated heterocycles. The van der Waals surface area contributed by atoms with Crippen molar-refractivity contribution in [2.75, 3.05) is 13.2 Å². The number of carbonyl (C=O) groups excluding carboxylic acids is 1. The highest BCUT2D eigenvalue weighted by Gasteiger charge is 2.28. The number of rotatable bonds is 7. The Morgan fingerprint density at radius 2 is 1.30 bits per heavy atom. The smallest absolute Gasteiger partial charge is 0.309 e. The second-order valence-corrected chi connectivity index (χ2v) is 7.46. The van der Waals surface area contributed by atoms with Crippen LogP contribution in [0.15, 0.2) is 91.0 Å². The lowest BCUT2D eigenvalue weighted by atomic mass is 9.78. The van der Waals surface area contributed by atoms with E-state index in [4.69, 9.17) is 9.47 Å². The van der Waals surface area contributed by atoms with Gasteiger partial charge in [0.25, 0.3) is 0 Å². The molecule has 152 valence electrons. The molecule has 0 heterocycles. The van der Waals surface area contributed by atoms with Gasteiger partial charge in [-0.05, 0) is 53.7 Å². The molecule has 0 amide bonds. The fourth-order valence-electron chi connectivity index (χ4n) is 3.97. The third-order valence-electron chi connectivity index (χ3n) is 5.48. The van der Waals surface area contributed by atoms with Crippen LogP contribution in [0, 0.1) is 5.92 Å². The minimum Gasteiger partial charge on any atom is -0.490 e. The number of benzene rings is 3. The minimum atomic E-state index is -0.132. The van der Waals surface area contributed by atoms with Gasteiger partial charge in [0.15, 0.2) is 0 Å². The van der Waals surface area contributed by atoms with E-state index in [2.05, 4.69) is 36.4 Å². The molecule has 0 saturated carbocycles. The van der Waals surface area contributed by atoms with Gasteiger partial charge in [0, 0.05) is 0 Å². The largest absolute Gasteiger partial charge is 0.490 e. The molecule has 30 heavy (non-hydrogen) atoms. The first-order valence-corrected chi connectivity index (χ1v) is 10.5. The van der Waals surface area contributed by atoms with Gasteiger partial charge >= 0.3 is 5.97 Å². The number of hydrogen-bond donors (Lipinski definition) is 0. The zero-order valence-electron chi connectivity index (χ0n) is 17.0. The Labute approximate surface area is 178 Å². The summed E-state index contributed by atoms with van der Waals surface area (Å²) in [7, 11) is 0. The Bertz CT molecular complexity index is 978. The number of hydrogen-bond acceptors (Lipinski definition) is 3. The van der Waals surface area contributed by atoms with Crippen molar-refractivity contribution in [3.63, 3.8) is 0 Å². The first kappa shape index (κ1) is 20.0. The van der Waals surface area contributed by atoms with E-state index in [1.807, 2.05) is 54.6 Å². The lowest BCUT2D eigenvalue weighted by molar-refractivity contribution is -0.149. The van der Waals surface area contributed by atoms with Crippen LogP contribution in [0.25, 0.3) is 11.1 Å². The van der Waals surface area contributed by atoms with Crippen molar-refractivity contribution >= 4 is 17.1 Å². The van der Waals surface area contributed by atoms with Crippen molar-refractivity contribution in [1.82, 2.24) is 0 Å². The maximum Gasteiger partial charge on any atom is 0.309 e. The summed E-state index contributed by atoms with van der Waals surface area (Å²) in [5.74, 6) is 0.532. The van der Waals surface area contributed by atoms with Crippen LogP contribution in [-0.4, -0.2) is 19.2 Å². The molecule has 3 aromatic rings. The molecular formula is C27H26O3. The molecule has 1 aliphatic carbocycles. The number of para-hydroxylation sites is 1. The maximum atomic E-state index is 12.7. The summed E-state index contributed by atoms with van der Waals surface area (Å²) in [4.78, 5) is 12.7. The molecule has 1 unspecified atom stereocenters. The van der Waals surface area contributed by atoms with E-state index < -0.39 is 0 Å². The summed E-state index contributed by atoms with van der Waals surface area (Å²) in [5.41, 5.74) is 4.99. The number of ether oxygens (including phenoxy) is 2. The first-order chi connectivity index (χ1) is 14.8. The Hall–Kier alpha value is -3.33. The standard InChI is InChI=1S/C27H26O3/c28-27(30-19-18-29-24-14-8-3-9-15-24)23-16-17-25(21-10-4-1-5-11-21)26(20-23)22-12-6-2-7-13-22/h1-15,23H,16-20H2. The van der Waals surface area contributed by atoms with E-state index in [1.54, 1.807) is 0 Å². The third kappa shape index (κ3) is 4.98. The van der Waals surface area contributed by atoms with Crippen LogP contribution in [0.2, 0.25) is 0 Å². The molecule has 3 nitrogen and oxygen atoms in total. The third-order valence-corrected chi connectivity index (χ3v) is 5.48. The highest BCUT2D eigenvalue weighted by Crippen LogP contribution is 2.41. The van der Waals surface area contributed by atoms with Crippen molar-refractivity contribution in [3.8, 4) is 5.75 Å². The van der Waals surface area contributed by atoms with Gasteiger partial charge < -0.3 is 9.47 Å². The average molecular weight is 399 g/mol. The number of carbonyl (C=O) groups is 1. The SMILES string of the molecule is O=C(OCCOc1ccccc1)C1CCC(c2ccccc2)=C(c2ccccc2)C1. The van der Waals surface area contributed by atoms with Crippen LogP contribution in [0.1, 0.15) is 30.4 Å². The van der Waals surface area contributed by atoms with E-state index in [1.165, 1.54) is 22.3 Å². The predicted molar refractivity (Wildman–Crippen MR) is 120 cm³/mol. The van der Waals surface area contributed by atoms with Crippen LogP contribution in [0.4, 0.5) is 0 Å². The Balaban J connectivity index is 1.42. The average Bonchev–Trinajstić information content (AvgIpc) is 2.83. The van der Waals surface area contributed by atoms with E-state index in [-0.39, 0.29) is 18.5 Å². The molecule has 0 radical (unpaired) electrons. The monoisotopic (exact) mass is 398 g/mol. The van der Waals surface area contributed by atoms with Gasteiger partial charge in [-0.15, -0.1) is 0 Å². The number of esters is 1. The summed E-state index contributed by atoms with van der Waals surface area (Å²) in [6.07, 6.45) is 2.38. The molecule has 0 aliphatic heterocycles. The molecule has 0 bridgehead atoms. The molecule has 1 atom stereocenters. The molecule has 0 fully saturated rings. The summed E-state index contributed by atoms with van der Waals surface area (Å²) in [6.45, 7) is 0.624. The Morgan fingerprint density at radius 3 is 1.93 bits per heavy atom. The first-order valence-electron chi connectivity index (χ1n) is 10.5. The molecule has 0 N–H and O–H groups in total. The minimum absolute atomic E-state index is 0.121. The zero-order valence-corrected chi connectivity index (χ0v) is 17.0. The predicted octanol–water partition coefficient (Wildman–Crippen LogP) is 6.02. The van der Waals surface area contributed by atoms with Gasteiger partial charge in [0.2, 0.25) is 0 Å². The lowest BCUT2D eigenvalue weighted by Crippen LogP contribution is -2.23. The second-order valence-electron chi connectivity index (χ2n) is 7.46. The topological polar surface area (TPSA) is 35.5 Å². The molecule has 3 aromatic carbocycles. The van der Waals surface area contributed by atoms with E-state index in [9.17, 15) is 4.79 Å². The maximum absolute atomic E-state index is 12.7. The van der Waals surface area contributed by atoms with Crippen molar-refractivity contribution in [2.24, 2.45) is 5.92 Å². The molecular weight excluding hydrogens is 372 g/mol. The van der Waals surface area contributed by atoms with Crippen LogP contribution >= 0.6 is 0 Å². The Morgan fingerprint density at radius 1 is 0.733 bits per heavy atom. The summed E-state index contributed by atoms with van der Waals surface area (Å²) < 4.78 is 11.2. The second kappa shape index (κ2) is 9.93. The van der Waals surface area contributed by atoms with Crippen molar-refractivity contribution in [1.29, 1.82) is 0 Å². The molecule has 1 aliphatic rings. The summed E-state index contributed by atoms with van der Waals surface area (Å²) >= 11 is 0. The fourth-order valence-corrected chi connectivity index (χ4v) is 3.97. The van der Waals surface area contributed by atoms with Gasteiger partial charge in [0.05, 0.1) is 5.92 Å². The van der Waals surface area contributed by atoms with Gasteiger partial charge in [-0.25, -0.2) is 0 Å². The van der Waals surface area contributed by atoms with Crippen LogP contribution in [-0.2, 0) is 9.53 Å². The molecule has 3 heteroatoms. The Kier molecular flexibility index (Phi) is 6.61. The summed E-state index contributed by atoms with van der Waals surface area (Å²) in [5, 5.41) is 0. The van der Waals surface area contributed by atoms with E-state index in [0.717, 1.165) is 18.6 Å². The number of allylic oxidation sites excluding steroid dienone is 2. The highest BCUT2D eigenvalue weighted by molar-refractivity contribution is 5.93. The summed E-state index contributed by atoms with van der Waals surface area (Å²) in [6, 6.07) is 30.4. The normalized spacial score (nSPS) is 16.2. The van der Waals surface area contributed by atoms with Crippen LogP contribution in [0.5, 0.6) is 5.75 Å². The van der Waals surface area contributed by atoms with Gasteiger partial charge in [-0.2, -0.15) is 0 Å². The molecule has 4 rings (SSSR count). The van der Waals surface area contributed by atoms with E-state index >= 15 is 0 Å².